The highest BCUT2D eigenvalue weighted by molar-refractivity contribution is 5.85. The van der Waals surface area contributed by atoms with Crippen LogP contribution >= 0.6 is 12.4 Å². The second-order valence-corrected chi connectivity index (χ2v) is 4.74. The molecular weight excluding hydrogens is 252 g/mol. The SMILES string of the molecule is CC(C)(N)CNC(=O)COCc1ccccc1.Cl. The summed E-state index contributed by atoms with van der Waals surface area (Å²) >= 11 is 0. The van der Waals surface area contributed by atoms with E-state index in [-0.39, 0.29) is 24.9 Å². The van der Waals surface area contributed by atoms with Crippen LogP contribution in [0.15, 0.2) is 30.3 Å². The molecule has 18 heavy (non-hydrogen) atoms. The summed E-state index contributed by atoms with van der Waals surface area (Å²) < 4.78 is 5.29. The molecule has 1 amide bonds. The fourth-order valence-electron chi connectivity index (χ4n) is 1.21. The number of rotatable bonds is 6. The van der Waals surface area contributed by atoms with Gasteiger partial charge in [0.05, 0.1) is 6.61 Å². The van der Waals surface area contributed by atoms with Crippen LogP contribution in [0.5, 0.6) is 0 Å². The number of carbonyl (C=O) groups excluding carboxylic acids is 1. The number of hydrogen-bond donors (Lipinski definition) is 2. The highest BCUT2D eigenvalue weighted by Crippen LogP contribution is 2.00. The lowest BCUT2D eigenvalue weighted by Crippen LogP contribution is -2.45. The normalized spacial score (nSPS) is 10.6. The highest BCUT2D eigenvalue weighted by atomic mass is 35.5. The molecule has 0 spiro atoms. The summed E-state index contributed by atoms with van der Waals surface area (Å²) in [4.78, 5) is 11.4. The van der Waals surface area contributed by atoms with E-state index in [4.69, 9.17) is 10.5 Å². The molecule has 0 heterocycles. The van der Waals surface area contributed by atoms with Gasteiger partial charge in [0.15, 0.2) is 0 Å². The van der Waals surface area contributed by atoms with Crippen LogP contribution < -0.4 is 11.1 Å². The molecule has 0 bridgehead atoms. The van der Waals surface area contributed by atoms with Crippen molar-refractivity contribution in [2.75, 3.05) is 13.2 Å². The van der Waals surface area contributed by atoms with Crippen LogP contribution in [0.3, 0.4) is 0 Å². The van der Waals surface area contributed by atoms with Gasteiger partial charge in [-0.2, -0.15) is 0 Å². The number of nitrogens with two attached hydrogens (primary N) is 1. The van der Waals surface area contributed by atoms with Gasteiger partial charge in [0.2, 0.25) is 5.91 Å². The lowest BCUT2D eigenvalue weighted by atomic mass is 10.1. The maximum atomic E-state index is 11.4. The van der Waals surface area contributed by atoms with Gasteiger partial charge in [0.25, 0.3) is 0 Å². The molecule has 0 unspecified atom stereocenters. The number of hydrogen-bond acceptors (Lipinski definition) is 3. The second kappa shape index (κ2) is 8.08. The van der Waals surface area contributed by atoms with E-state index in [1.807, 2.05) is 44.2 Å². The quantitative estimate of drug-likeness (QED) is 0.824. The average Bonchev–Trinajstić information content (AvgIpc) is 2.27. The lowest BCUT2D eigenvalue weighted by Gasteiger charge is -2.18. The van der Waals surface area contributed by atoms with Gasteiger partial charge < -0.3 is 15.8 Å². The topological polar surface area (TPSA) is 64.3 Å². The molecule has 1 rings (SSSR count). The van der Waals surface area contributed by atoms with E-state index in [2.05, 4.69) is 5.32 Å². The minimum absolute atomic E-state index is 0. The Labute approximate surface area is 114 Å². The van der Waals surface area contributed by atoms with E-state index in [0.29, 0.717) is 13.2 Å². The van der Waals surface area contributed by atoms with Gasteiger partial charge in [-0.3, -0.25) is 4.79 Å². The van der Waals surface area contributed by atoms with Crippen molar-refractivity contribution in [1.82, 2.24) is 5.32 Å². The fraction of sp³-hybridized carbons (Fsp3) is 0.462. The van der Waals surface area contributed by atoms with Crippen LogP contribution in [0.25, 0.3) is 0 Å². The van der Waals surface area contributed by atoms with Gasteiger partial charge >= 0.3 is 0 Å². The average molecular weight is 273 g/mol. The second-order valence-electron chi connectivity index (χ2n) is 4.74. The zero-order chi connectivity index (χ0) is 12.7. The van der Waals surface area contributed by atoms with Crippen LogP contribution in [0.1, 0.15) is 19.4 Å². The van der Waals surface area contributed by atoms with E-state index in [1.165, 1.54) is 0 Å². The van der Waals surface area contributed by atoms with Gasteiger partial charge in [-0.15, -0.1) is 12.4 Å². The van der Waals surface area contributed by atoms with E-state index in [9.17, 15) is 4.79 Å². The fourth-order valence-corrected chi connectivity index (χ4v) is 1.21. The minimum atomic E-state index is -0.394. The van der Waals surface area contributed by atoms with Gasteiger partial charge in [-0.05, 0) is 19.4 Å². The zero-order valence-electron chi connectivity index (χ0n) is 10.8. The van der Waals surface area contributed by atoms with Crippen LogP contribution in [0.2, 0.25) is 0 Å². The molecule has 0 atom stereocenters. The number of nitrogens with one attached hydrogen (secondary N) is 1. The Bertz CT molecular complexity index is 350. The van der Waals surface area contributed by atoms with Crippen molar-refractivity contribution in [3.63, 3.8) is 0 Å². The van der Waals surface area contributed by atoms with Crippen LogP contribution in [-0.2, 0) is 16.1 Å². The monoisotopic (exact) mass is 272 g/mol. The molecule has 0 fully saturated rings. The molecule has 0 aliphatic carbocycles. The molecular formula is C13H21ClN2O2. The molecule has 3 N–H and O–H groups in total. The van der Waals surface area contributed by atoms with Gasteiger partial charge in [-0.25, -0.2) is 0 Å². The largest absolute Gasteiger partial charge is 0.367 e. The van der Waals surface area contributed by atoms with Gasteiger partial charge in [-0.1, -0.05) is 30.3 Å². The van der Waals surface area contributed by atoms with Crippen molar-refractivity contribution in [2.45, 2.75) is 26.0 Å². The third-order valence-electron chi connectivity index (χ3n) is 2.09. The van der Waals surface area contributed by atoms with Crippen LogP contribution in [-0.4, -0.2) is 24.6 Å². The first-order chi connectivity index (χ1) is 7.97. The Morgan fingerprint density at radius 1 is 1.33 bits per heavy atom. The number of amides is 1. The molecule has 1 aromatic carbocycles. The van der Waals surface area contributed by atoms with E-state index >= 15 is 0 Å². The molecule has 0 aliphatic rings. The van der Waals surface area contributed by atoms with Gasteiger partial charge in [0.1, 0.15) is 6.61 Å². The molecule has 0 saturated carbocycles. The van der Waals surface area contributed by atoms with E-state index in [0.717, 1.165) is 5.56 Å². The molecule has 5 heteroatoms. The summed E-state index contributed by atoms with van der Waals surface area (Å²) in [5, 5.41) is 2.72. The maximum Gasteiger partial charge on any atom is 0.246 e. The van der Waals surface area contributed by atoms with Crippen molar-refractivity contribution >= 4 is 18.3 Å². The number of carbonyl (C=O) groups is 1. The summed E-state index contributed by atoms with van der Waals surface area (Å²) in [6.07, 6.45) is 0. The smallest absolute Gasteiger partial charge is 0.246 e. The molecule has 4 nitrogen and oxygen atoms in total. The molecule has 1 aromatic rings. The summed E-state index contributed by atoms with van der Waals surface area (Å²) in [6, 6.07) is 9.74. The van der Waals surface area contributed by atoms with Crippen LogP contribution in [0.4, 0.5) is 0 Å². The van der Waals surface area contributed by atoms with E-state index < -0.39 is 5.54 Å². The zero-order valence-corrected chi connectivity index (χ0v) is 11.6. The van der Waals surface area contributed by atoms with Crippen molar-refractivity contribution < 1.29 is 9.53 Å². The summed E-state index contributed by atoms with van der Waals surface area (Å²) in [6.45, 7) is 4.67. The first-order valence-corrected chi connectivity index (χ1v) is 5.65. The Morgan fingerprint density at radius 3 is 2.50 bits per heavy atom. The molecule has 0 aromatic heterocycles. The van der Waals surface area contributed by atoms with E-state index in [1.54, 1.807) is 0 Å². The van der Waals surface area contributed by atoms with Crippen molar-refractivity contribution in [3.05, 3.63) is 35.9 Å². The Kier molecular flexibility index (Phi) is 7.59. The van der Waals surface area contributed by atoms with Crippen molar-refractivity contribution in [3.8, 4) is 0 Å². The predicted molar refractivity (Wildman–Crippen MR) is 74.6 cm³/mol. The molecule has 0 radical (unpaired) electrons. The maximum absolute atomic E-state index is 11.4. The predicted octanol–water partition coefficient (Wildman–Crippen LogP) is 1.48. The van der Waals surface area contributed by atoms with Crippen molar-refractivity contribution in [1.29, 1.82) is 0 Å². The summed E-state index contributed by atoms with van der Waals surface area (Å²) in [5.41, 5.74) is 6.41. The first kappa shape index (κ1) is 16.9. The highest BCUT2D eigenvalue weighted by Gasteiger charge is 2.11. The van der Waals surface area contributed by atoms with Gasteiger partial charge in [0, 0.05) is 12.1 Å². The summed E-state index contributed by atoms with van der Waals surface area (Å²) in [7, 11) is 0. The third kappa shape index (κ3) is 8.06. The Balaban J connectivity index is 0.00000289. The number of ether oxygens (including phenoxy) is 1. The van der Waals surface area contributed by atoms with Crippen molar-refractivity contribution in [2.24, 2.45) is 5.73 Å². The first-order valence-electron chi connectivity index (χ1n) is 5.65. The Morgan fingerprint density at radius 2 is 1.94 bits per heavy atom. The molecule has 102 valence electrons. The van der Waals surface area contributed by atoms with Crippen LogP contribution in [0, 0.1) is 0 Å². The minimum Gasteiger partial charge on any atom is -0.367 e. The number of halogens is 1. The number of benzene rings is 1. The standard InChI is InChI=1S/C13H20N2O2.ClH/c1-13(2,14)10-15-12(16)9-17-8-11-6-4-3-5-7-11;/h3-7H,8-10,14H2,1-2H3,(H,15,16);1H. The summed E-state index contributed by atoms with van der Waals surface area (Å²) in [5.74, 6) is -0.139. The molecule has 0 aliphatic heterocycles. The Hall–Kier alpha value is -1.10. The molecule has 0 saturated heterocycles. The third-order valence-corrected chi connectivity index (χ3v) is 2.09. The lowest BCUT2D eigenvalue weighted by molar-refractivity contribution is -0.126.